The Morgan fingerprint density at radius 1 is 1.11 bits per heavy atom. The van der Waals surface area contributed by atoms with Gasteiger partial charge in [0.1, 0.15) is 17.0 Å². The van der Waals surface area contributed by atoms with Crippen LogP contribution < -0.4 is 5.56 Å². The maximum atomic E-state index is 13.6. The fourth-order valence-electron chi connectivity index (χ4n) is 4.81. The summed E-state index contributed by atoms with van der Waals surface area (Å²) in [5.74, 6) is -0.227. The normalized spacial score (nSPS) is 15.8. The molecule has 4 aromatic rings. The van der Waals surface area contributed by atoms with Crippen molar-refractivity contribution in [3.63, 3.8) is 0 Å². The van der Waals surface area contributed by atoms with Crippen molar-refractivity contribution in [2.24, 2.45) is 0 Å². The standard InChI is InChI=1S/C28H31N5O4/c1-17-7-8-22-21(11-17)20(15-33(22)27(36)37-28(4,5)6)14-31-19(3)13-32-24(26(31)35)10-9-23(25(32)34)30-12-18(2)29-16-30/h7-12,15-16,19H,13-14H2,1-6H3. The van der Waals surface area contributed by atoms with E-state index < -0.39 is 11.7 Å². The summed E-state index contributed by atoms with van der Waals surface area (Å²) in [6.07, 6.45) is 4.67. The van der Waals surface area contributed by atoms with Crippen LogP contribution >= 0.6 is 0 Å². The highest BCUT2D eigenvalue weighted by Crippen LogP contribution is 2.28. The molecule has 0 spiro atoms. The van der Waals surface area contributed by atoms with E-state index in [1.807, 2.05) is 59.7 Å². The smallest absolute Gasteiger partial charge is 0.419 e. The Balaban J connectivity index is 1.51. The maximum Gasteiger partial charge on any atom is 0.419 e. The molecule has 192 valence electrons. The molecule has 0 aliphatic carbocycles. The van der Waals surface area contributed by atoms with Crippen molar-refractivity contribution in [1.82, 2.24) is 23.6 Å². The van der Waals surface area contributed by atoms with E-state index in [0.717, 1.165) is 27.7 Å². The lowest BCUT2D eigenvalue weighted by Gasteiger charge is -2.35. The van der Waals surface area contributed by atoms with Crippen LogP contribution in [0.25, 0.3) is 16.6 Å². The number of carbonyl (C=O) groups excluding carboxylic acids is 2. The van der Waals surface area contributed by atoms with Crippen molar-refractivity contribution >= 4 is 22.9 Å². The minimum Gasteiger partial charge on any atom is -0.443 e. The van der Waals surface area contributed by atoms with Crippen molar-refractivity contribution in [3.8, 4) is 5.69 Å². The molecule has 1 aliphatic rings. The number of carbonyl (C=O) groups is 2. The van der Waals surface area contributed by atoms with Crippen LogP contribution in [0.3, 0.4) is 0 Å². The summed E-state index contributed by atoms with van der Waals surface area (Å²) >= 11 is 0. The Kier molecular flexibility index (Phi) is 5.81. The summed E-state index contributed by atoms with van der Waals surface area (Å²) in [5.41, 5.74) is 3.35. The number of pyridine rings is 1. The molecule has 1 unspecified atom stereocenters. The van der Waals surface area contributed by atoms with E-state index in [4.69, 9.17) is 4.74 Å². The topological polar surface area (TPSA) is 91.4 Å². The summed E-state index contributed by atoms with van der Waals surface area (Å²) in [5, 5.41) is 0.889. The third-order valence-corrected chi connectivity index (χ3v) is 6.58. The van der Waals surface area contributed by atoms with E-state index >= 15 is 0 Å². The highest BCUT2D eigenvalue weighted by molar-refractivity contribution is 5.95. The minimum atomic E-state index is -0.638. The van der Waals surface area contributed by atoms with Crippen LogP contribution in [-0.4, -0.2) is 47.2 Å². The number of nitrogens with zero attached hydrogens (tertiary/aromatic N) is 5. The van der Waals surface area contributed by atoms with Crippen LogP contribution in [0.1, 0.15) is 55.0 Å². The van der Waals surface area contributed by atoms with Gasteiger partial charge in [0.2, 0.25) is 0 Å². The van der Waals surface area contributed by atoms with E-state index in [1.54, 1.807) is 44.9 Å². The summed E-state index contributed by atoms with van der Waals surface area (Å²) < 4.78 is 10.3. The highest BCUT2D eigenvalue weighted by Gasteiger charge is 2.32. The number of aromatic nitrogens is 4. The molecule has 1 atom stereocenters. The SMILES string of the molecule is Cc1ccc2c(c1)c(CN1C(=O)c3ccc(-n4cnc(C)c4)c(=O)n3CC1C)cn2C(=O)OC(C)(C)C. The van der Waals surface area contributed by atoms with E-state index in [0.29, 0.717) is 24.5 Å². The van der Waals surface area contributed by atoms with Gasteiger partial charge in [-0.05, 0) is 71.4 Å². The van der Waals surface area contributed by atoms with Crippen molar-refractivity contribution < 1.29 is 14.3 Å². The van der Waals surface area contributed by atoms with Crippen LogP contribution in [-0.2, 0) is 17.8 Å². The number of amides is 1. The van der Waals surface area contributed by atoms with E-state index in [2.05, 4.69) is 4.98 Å². The lowest BCUT2D eigenvalue weighted by molar-refractivity contribution is 0.0544. The summed E-state index contributed by atoms with van der Waals surface area (Å²) in [6.45, 7) is 11.9. The number of hydrogen-bond acceptors (Lipinski definition) is 5. The van der Waals surface area contributed by atoms with Crippen LogP contribution in [0.2, 0.25) is 0 Å². The highest BCUT2D eigenvalue weighted by atomic mass is 16.6. The average molecular weight is 502 g/mol. The molecule has 1 aliphatic heterocycles. The maximum absolute atomic E-state index is 13.6. The summed E-state index contributed by atoms with van der Waals surface area (Å²) in [7, 11) is 0. The predicted molar refractivity (Wildman–Crippen MR) is 140 cm³/mol. The third kappa shape index (κ3) is 4.45. The van der Waals surface area contributed by atoms with Gasteiger partial charge in [0, 0.05) is 36.9 Å². The number of aryl methyl sites for hydroxylation is 2. The van der Waals surface area contributed by atoms with Gasteiger partial charge in [0.25, 0.3) is 11.5 Å². The van der Waals surface area contributed by atoms with Crippen LogP contribution in [0.4, 0.5) is 4.79 Å². The first kappa shape index (κ1) is 24.5. The lowest BCUT2D eigenvalue weighted by atomic mass is 10.1. The molecular formula is C28H31N5O4. The molecule has 1 aromatic carbocycles. The molecule has 37 heavy (non-hydrogen) atoms. The fourth-order valence-corrected chi connectivity index (χ4v) is 4.81. The Hall–Kier alpha value is -4.14. The molecule has 4 heterocycles. The predicted octanol–water partition coefficient (Wildman–Crippen LogP) is 4.43. The molecule has 0 fully saturated rings. The van der Waals surface area contributed by atoms with E-state index in [1.165, 1.54) is 4.57 Å². The van der Waals surface area contributed by atoms with Gasteiger partial charge in [-0.1, -0.05) is 11.6 Å². The second-order valence-electron chi connectivity index (χ2n) is 10.7. The van der Waals surface area contributed by atoms with Crippen molar-refractivity contribution in [1.29, 1.82) is 0 Å². The first-order valence-corrected chi connectivity index (χ1v) is 12.3. The molecule has 0 saturated carbocycles. The molecule has 0 bridgehead atoms. The molecule has 3 aromatic heterocycles. The van der Waals surface area contributed by atoms with Gasteiger partial charge in [-0.2, -0.15) is 0 Å². The third-order valence-electron chi connectivity index (χ3n) is 6.58. The van der Waals surface area contributed by atoms with E-state index in [-0.39, 0.29) is 17.5 Å². The van der Waals surface area contributed by atoms with Gasteiger partial charge >= 0.3 is 6.09 Å². The molecule has 0 radical (unpaired) electrons. The van der Waals surface area contributed by atoms with Crippen LogP contribution in [0.5, 0.6) is 0 Å². The van der Waals surface area contributed by atoms with Gasteiger partial charge < -0.3 is 18.8 Å². The van der Waals surface area contributed by atoms with Gasteiger partial charge in [-0.15, -0.1) is 0 Å². The van der Waals surface area contributed by atoms with E-state index in [9.17, 15) is 14.4 Å². The second-order valence-corrected chi connectivity index (χ2v) is 10.7. The molecule has 1 amide bonds. The Bertz CT molecular complexity index is 1600. The zero-order chi connectivity index (χ0) is 26.6. The lowest BCUT2D eigenvalue weighted by Crippen LogP contribution is -2.49. The number of fused-ring (bicyclic) bond motifs is 2. The summed E-state index contributed by atoms with van der Waals surface area (Å²) in [6, 6.07) is 8.99. The van der Waals surface area contributed by atoms with Gasteiger partial charge in [-0.25, -0.2) is 9.78 Å². The monoisotopic (exact) mass is 501 g/mol. The average Bonchev–Trinajstić information content (AvgIpc) is 3.39. The second kappa shape index (κ2) is 8.76. The van der Waals surface area contributed by atoms with Crippen molar-refractivity contribution in [2.45, 2.75) is 66.3 Å². The largest absolute Gasteiger partial charge is 0.443 e. The molecule has 9 heteroatoms. The zero-order valence-corrected chi connectivity index (χ0v) is 22.0. The number of benzene rings is 1. The molecular weight excluding hydrogens is 470 g/mol. The number of imidazole rings is 1. The number of rotatable bonds is 3. The molecule has 5 rings (SSSR count). The van der Waals surface area contributed by atoms with Crippen molar-refractivity contribution in [2.75, 3.05) is 0 Å². The number of hydrogen-bond donors (Lipinski definition) is 0. The zero-order valence-electron chi connectivity index (χ0n) is 22.0. The van der Waals surface area contributed by atoms with Gasteiger partial charge in [-0.3, -0.25) is 14.2 Å². The van der Waals surface area contributed by atoms with Crippen LogP contribution in [0.15, 0.2) is 53.8 Å². The van der Waals surface area contributed by atoms with Crippen LogP contribution in [0, 0.1) is 13.8 Å². The molecule has 9 nitrogen and oxygen atoms in total. The minimum absolute atomic E-state index is 0.227. The first-order valence-electron chi connectivity index (χ1n) is 12.3. The Labute approximate surface area is 214 Å². The van der Waals surface area contributed by atoms with Gasteiger partial charge in [0.05, 0.1) is 17.5 Å². The van der Waals surface area contributed by atoms with Crippen molar-refractivity contribution in [3.05, 3.63) is 81.9 Å². The Morgan fingerprint density at radius 2 is 1.86 bits per heavy atom. The fraction of sp³-hybridized carbons (Fsp3) is 0.357. The summed E-state index contributed by atoms with van der Waals surface area (Å²) in [4.78, 5) is 45.8. The first-order chi connectivity index (χ1) is 17.4. The molecule has 0 N–H and O–H groups in total. The van der Waals surface area contributed by atoms with Gasteiger partial charge in [0.15, 0.2) is 0 Å². The quantitative estimate of drug-likeness (QED) is 0.414. The Morgan fingerprint density at radius 3 is 2.54 bits per heavy atom. The molecule has 0 saturated heterocycles. The number of ether oxygens (including phenoxy) is 1.